The van der Waals surface area contributed by atoms with Crippen molar-refractivity contribution in [1.29, 1.82) is 0 Å². The van der Waals surface area contributed by atoms with E-state index in [9.17, 15) is 9.50 Å². The summed E-state index contributed by atoms with van der Waals surface area (Å²) in [7, 11) is 0. The second-order valence-electron chi connectivity index (χ2n) is 6.22. The minimum atomic E-state index is -0.407. The third-order valence-electron chi connectivity index (χ3n) is 4.55. The van der Waals surface area contributed by atoms with Crippen LogP contribution < -0.4 is 0 Å². The van der Waals surface area contributed by atoms with Crippen LogP contribution in [0.25, 0.3) is 37.7 Å². The first kappa shape index (κ1) is 16.1. The number of nitrogens with zero attached hydrogens (tertiary/aromatic N) is 3. The van der Waals surface area contributed by atoms with Gasteiger partial charge >= 0.3 is 0 Å². The Kier molecular flexibility index (Phi) is 3.74. The Bertz CT molecular complexity index is 1260. The normalized spacial score (nSPS) is 11.5. The maximum absolute atomic E-state index is 14.0. The van der Waals surface area contributed by atoms with E-state index in [4.69, 9.17) is 0 Å². The number of pyridine rings is 1. The average Bonchev–Trinajstić information content (AvgIpc) is 3.31. The van der Waals surface area contributed by atoms with Crippen LogP contribution >= 0.6 is 11.3 Å². The Morgan fingerprint density at radius 2 is 1.85 bits per heavy atom. The summed E-state index contributed by atoms with van der Waals surface area (Å²) in [5.74, 6) is -0.407. The summed E-state index contributed by atoms with van der Waals surface area (Å²) < 4.78 is 17.0. The van der Waals surface area contributed by atoms with Gasteiger partial charge in [0.1, 0.15) is 22.2 Å². The molecular weight excluding hydrogens is 361 g/mol. The van der Waals surface area contributed by atoms with Gasteiger partial charge in [-0.25, -0.2) is 14.4 Å². The lowest BCUT2D eigenvalue weighted by atomic mass is 10.0. The highest BCUT2D eigenvalue weighted by molar-refractivity contribution is 7.21. The van der Waals surface area contributed by atoms with Crippen LogP contribution in [0.4, 0.5) is 4.39 Å². The maximum Gasteiger partial charge on any atom is 0.144 e. The van der Waals surface area contributed by atoms with Crippen molar-refractivity contribution in [2.45, 2.75) is 6.61 Å². The summed E-state index contributed by atoms with van der Waals surface area (Å²) in [6.45, 7) is -0.346. The zero-order valence-corrected chi connectivity index (χ0v) is 14.9. The van der Waals surface area contributed by atoms with E-state index in [1.165, 1.54) is 6.07 Å². The quantitative estimate of drug-likeness (QED) is 0.487. The molecule has 0 amide bonds. The van der Waals surface area contributed by atoms with E-state index in [0.29, 0.717) is 11.1 Å². The molecular formula is C21H14FN3OS. The van der Waals surface area contributed by atoms with Crippen LogP contribution in [0.2, 0.25) is 0 Å². The van der Waals surface area contributed by atoms with E-state index in [0.717, 1.165) is 32.1 Å². The van der Waals surface area contributed by atoms with Gasteiger partial charge < -0.3 is 9.51 Å². The number of imidazole rings is 1. The molecule has 0 radical (unpaired) electrons. The summed E-state index contributed by atoms with van der Waals surface area (Å²) in [4.78, 5) is 9.32. The van der Waals surface area contributed by atoms with Gasteiger partial charge in [0, 0.05) is 18.0 Å². The molecule has 3 heterocycles. The molecule has 27 heavy (non-hydrogen) atoms. The monoisotopic (exact) mass is 375 g/mol. The van der Waals surface area contributed by atoms with Gasteiger partial charge in [0.15, 0.2) is 0 Å². The number of aliphatic hydroxyl groups excluding tert-OH is 1. The van der Waals surface area contributed by atoms with Crippen molar-refractivity contribution in [2.24, 2.45) is 0 Å². The lowest BCUT2D eigenvalue weighted by molar-refractivity contribution is 0.276. The highest BCUT2D eigenvalue weighted by atomic mass is 32.1. The molecule has 0 aliphatic heterocycles. The predicted molar refractivity (Wildman–Crippen MR) is 105 cm³/mol. The first-order valence-corrected chi connectivity index (χ1v) is 9.28. The zero-order chi connectivity index (χ0) is 18.4. The minimum Gasteiger partial charge on any atom is -0.392 e. The molecule has 0 spiro atoms. The number of fused-ring (bicyclic) bond motifs is 2. The molecule has 4 nitrogen and oxygen atoms in total. The molecule has 5 rings (SSSR count). The van der Waals surface area contributed by atoms with Crippen molar-refractivity contribution in [3.05, 3.63) is 78.4 Å². The minimum absolute atomic E-state index is 0.295. The SMILES string of the molecule is OCc1c(F)cccc1-c1ccc2nc(-c3nc4ccccc4s3)cn2c1. The maximum atomic E-state index is 14.0. The molecule has 0 saturated heterocycles. The first-order valence-electron chi connectivity index (χ1n) is 8.46. The molecule has 132 valence electrons. The van der Waals surface area contributed by atoms with Gasteiger partial charge in [-0.1, -0.05) is 24.3 Å². The highest BCUT2D eigenvalue weighted by Crippen LogP contribution is 2.31. The summed E-state index contributed by atoms with van der Waals surface area (Å²) in [5.41, 5.74) is 4.34. The van der Waals surface area contributed by atoms with Gasteiger partial charge in [-0.15, -0.1) is 11.3 Å². The lowest BCUT2D eigenvalue weighted by Gasteiger charge is -2.09. The Morgan fingerprint density at radius 1 is 0.963 bits per heavy atom. The highest BCUT2D eigenvalue weighted by Gasteiger charge is 2.13. The fraction of sp³-hybridized carbons (Fsp3) is 0.0476. The van der Waals surface area contributed by atoms with Crippen LogP contribution in [0.5, 0.6) is 0 Å². The van der Waals surface area contributed by atoms with Crippen LogP contribution in [0.1, 0.15) is 5.56 Å². The van der Waals surface area contributed by atoms with E-state index in [2.05, 4.69) is 9.97 Å². The third-order valence-corrected chi connectivity index (χ3v) is 5.61. The number of hydrogen-bond donors (Lipinski definition) is 1. The summed E-state index contributed by atoms with van der Waals surface area (Å²) >= 11 is 1.60. The Balaban J connectivity index is 1.62. The average molecular weight is 375 g/mol. The number of aliphatic hydroxyl groups is 1. The molecule has 3 aromatic heterocycles. The van der Waals surface area contributed by atoms with E-state index >= 15 is 0 Å². The standard InChI is InChI=1S/C21H14FN3OS/c22-16-5-3-4-14(15(16)12-26)13-8-9-20-23-18(11-25(20)10-13)21-24-17-6-1-2-7-19(17)27-21/h1-11,26H,12H2. The topological polar surface area (TPSA) is 50.4 Å². The Hall–Kier alpha value is -3.09. The molecule has 0 saturated carbocycles. The molecule has 0 fully saturated rings. The molecule has 0 atom stereocenters. The van der Waals surface area contributed by atoms with Crippen LogP contribution in [0, 0.1) is 5.82 Å². The van der Waals surface area contributed by atoms with Crippen molar-refractivity contribution in [2.75, 3.05) is 0 Å². The van der Waals surface area contributed by atoms with E-state index < -0.39 is 5.82 Å². The predicted octanol–water partition coefficient (Wildman–Crippen LogP) is 4.91. The summed E-state index contributed by atoms with van der Waals surface area (Å²) in [6, 6.07) is 16.6. The van der Waals surface area contributed by atoms with Gasteiger partial charge in [0.05, 0.1) is 16.8 Å². The van der Waals surface area contributed by atoms with Gasteiger partial charge in [0.2, 0.25) is 0 Å². The number of para-hydroxylation sites is 1. The molecule has 6 heteroatoms. The summed E-state index contributed by atoms with van der Waals surface area (Å²) in [5, 5.41) is 10.4. The number of aromatic nitrogens is 3. The number of hydrogen-bond acceptors (Lipinski definition) is 4. The van der Waals surface area contributed by atoms with E-state index in [1.54, 1.807) is 23.5 Å². The van der Waals surface area contributed by atoms with Crippen molar-refractivity contribution in [3.63, 3.8) is 0 Å². The van der Waals surface area contributed by atoms with Crippen LogP contribution in [-0.2, 0) is 6.61 Å². The molecule has 1 N–H and O–H groups in total. The fourth-order valence-corrected chi connectivity index (χ4v) is 4.15. The zero-order valence-electron chi connectivity index (χ0n) is 14.1. The smallest absolute Gasteiger partial charge is 0.144 e. The number of halogens is 1. The molecule has 5 aromatic rings. The van der Waals surface area contributed by atoms with Crippen LogP contribution in [0.3, 0.4) is 0 Å². The molecule has 0 aliphatic rings. The van der Waals surface area contributed by atoms with Crippen molar-refractivity contribution in [1.82, 2.24) is 14.4 Å². The number of benzene rings is 2. The van der Waals surface area contributed by atoms with Gasteiger partial charge in [0.25, 0.3) is 0 Å². The van der Waals surface area contributed by atoms with Crippen molar-refractivity contribution < 1.29 is 9.50 Å². The van der Waals surface area contributed by atoms with Gasteiger partial charge in [-0.05, 0) is 41.5 Å². The van der Waals surface area contributed by atoms with Gasteiger partial charge in [-0.2, -0.15) is 0 Å². The van der Waals surface area contributed by atoms with E-state index in [1.807, 2.05) is 53.2 Å². The van der Waals surface area contributed by atoms with Crippen LogP contribution in [0.15, 0.2) is 67.0 Å². The largest absolute Gasteiger partial charge is 0.392 e. The van der Waals surface area contributed by atoms with E-state index in [-0.39, 0.29) is 6.61 Å². The molecule has 0 bridgehead atoms. The Labute approximate surface area is 158 Å². The molecule has 0 unspecified atom stereocenters. The fourth-order valence-electron chi connectivity index (χ4n) is 3.23. The van der Waals surface area contributed by atoms with Crippen LogP contribution in [-0.4, -0.2) is 19.5 Å². The van der Waals surface area contributed by atoms with Crippen molar-refractivity contribution in [3.8, 4) is 21.8 Å². The van der Waals surface area contributed by atoms with Gasteiger partial charge in [-0.3, -0.25) is 0 Å². The first-order chi connectivity index (χ1) is 13.2. The van der Waals surface area contributed by atoms with Crippen molar-refractivity contribution >= 4 is 27.2 Å². The lowest BCUT2D eigenvalue weighted by Crippen LogP contribution is -1.95. The number of thiazole rings is 1. The second kappa shape index (κ2) is 6.26. The molecule has 0 aliphatic carbocycles. The second-order valence-corrected chi connectivity index (χ2v) is 7.25. The summed E-state index contributed by atoms with van der Waals surface area (Å²) in [6.07, 6.45) is 3.82. The Morgan fingerprint density at radius 3 is 2.70 bits per heavy atom. The molecule has 2 aromatic carbocycles. The third kappa shape index (κ3) is 2.70. The number of rotatable bonds is 3.